The van der Waals surface area contributed by atoms with Crippen molar-refractivity contribution < 1.29 is 14.3 Å². The quantitative estimate of drug-likeness (QED) is 0.767. The van der Waals surface area contributed by atoms with Crippen LogP contribution in [-0.4, -0.2) is 37.4 Å². The van der Waals surface area contributed by atoms with E-state index in [0.29, 0.717) is 33.4 Å². The molecule has 3 rings (SSSR count). The lowest BCUT2D eigenvalue weighted by molar-refractivity contribution is 0.0477. The van der Waals surface area contributed by atoms with Crippen molar-refractivity contribution in [1.29, 1.82) is 0 Å². The third-order valence-electron chi connectivity index (χ3n) is 3.35. The summed E-state index contributed by atoms with van der Waals surface area (Å²) < 4.78 is 6.10. The van der Waals surface area contributed by atoms with Gasteiger partial charge in [-0.2, -0.15) is 0 Å². The first-order valence-corrected chi connectivity index (χ1v) is 7.18. The number of rotatable bonds is 1. The molecule has 0 bridgehead atoms. The Morgan fingerprint density at radius 1 is 1.16 bits per heavy atom. The number of ketones is 2. The Bertz CT molecular complexity index is 588. The number of allylic oxidation sites excluding steroid dienone is 1. The van der Waals surface area contributed by atoms with Crippen LogP contribution in [0, 0.1) is 0 Å². The molecule has 1 heterocycles. The van der Waals surface area contributed by atoms with Crippen molar-refractivity contribution in [2.24, 2.45) is 0 Å². The second-order valence-corrected chi connectivity index (χ2v) is 5.57. The molecule has 2 aliphatic rings. The Morgan fingerprint density at radius 2 is 1.84 bits per heavy atom. The normalized spacial score (nSPS) is 23.5. The highest BCUT2D eigenvalue weighted by Gasteiger charge is 2.35. The molecule has 0 radical (unpaired) electrons. The van der Waals surface area contributed by atoms with E-state index in [1.807, 2.05) is 22.6 Å². The van der Waals surface area contributed by atoms with Gasteiger partial charge >= 0.3 is 0 Å². The van der Waals surface area contributed by atoms with Crippen molar-refractivity contribution in [3.63, 3.8) is 0 Å². The standard InChI is InChI=1S/C14H12INO3/c15-12-11(10-7-16-5-6-19-10)13(17)8-3-1-2-4-9(8)14(12)18/h1-4,10,16H,5-7H2. The van der Waals surface area contributed by atoms with Gasteiger partial charge in [-0.05, 0) is 22.6 Å². The van der Waals surface area contributed by atoms with Crippen molar-refractivity contribution in [1.82, 2.24) is 5.32 Å². The Hall–Kier alpha value is -1.05. The lowest BCUT2D eigenvalue weighted by Gasteiger charge is -2.28. The summed E-state index contributed by atoms with van der Waals surface area (Å²) in [6, 6.07) is 6.96. The topological polar surface area (TPSA) is 55.4 Å². The van der Waals surface area contributed by atoms with Gasteiger partial charge in [0.05, 0.1) is 16.3 Å². The number of nitrogens with one attached hydrogen (secondary N) is 1. The second-order valence-electron chi connectivity index (χ2n) is 4.50. The third-order valence-corrected chi connectivity index (χ3v) is 4.42. The van der Waals surface area contributed by atoms with E-state index in [1.54, 1.807) is 24.3 Å². The first-order valence-electron chi connectivity index (χ1n) is 6.10. The minimum atomic E-state index is -0.328. The molecule has 98 valence electrons. The Morgan fingerprint density at radius 3 is 2.47 bits per heavy atom. The van der Waals surface area contributed by atoms with Gasteiger partial charge < -0.3 is 10.1 Å². The molecule has 19 heavy (non-hydrogen) atoms. The van der Waals surface area contributed by atoms with Gasteiger partial charge in [0.1, 0.15) is 0 Å². The lowest BCUT2D eigenvalue weighted by Crippen LogP contribution is -2.42. The first-order chi connectivity index (χ1) is 9.20. The number of hydrogen-bond acceptors (Lipinski definition) is 4. The van der Waals surface area contributed by atoms with E-state index in [-0.39, 0.29) is 17.7 Å². The summed E-state index contributed by atoms with van der Waals surface area (Å²) in [5.41, 5.74) is 1.47. The fourth-order valence-electron chi connectivity index (χ4n) is 2.40. The molecule has 1 aromatic carbocycles. The predicted octanol–water partition coefficient (Wildman–Crippen LogP) is 1.74. The minimum Gasteiger partial charge on any atom is -0.371 e. The largest absolute Gasteiger partial charge is 0.371 e. The van der Waals surface area contributed by atoms with Gasteiger partial charge in [-0.1, -0.05) is 24.3 Å². The van der Waals surface area contributed by atoms with Gasteiger partial charge in [0, 0.05) is 29.8 Å². The molecule has 0 spiro atoms. The number of ether oxygens (including phenoxy) is 1. The number of fused-ring (bicyclic) bond motifs is 1. The van der Waals surface area contributed by atoms with Crippen LogP contribution in [0.1, 0.15) is 20.7 Å². The highest BCUT2D eigenvalue weighted by molar-refractivity contribution is 14.1. The van der Waals surface area contributed by atoms with Gasteiger partial charge in [-0.15, -0.1) is 0 Å². The van der Waals surface area contributed by atoms with Crippen molar-refractivity contribution in [2.45, 2.75) is 6.10 Å². The molecule has 0 aromatic heterocycles. The van der Waals surface area contributed by atoms with Crippen LogP contribution in [0.2, 0.25) is 0 Å². The number of Topliss-reactive ketones (excluding diaryl/α,β-unsaturated/α-hetero) is 2. The maximum Gasteiger partial charge on any atom is 0.200 e. The zero-order valence-electron chi connectivity index (χ0n) is 10.1. The number of benzene rings is 1. The van der Waals surface area contributed by atoms with Gasteiger partial charge in [0.2, 0.25) is 0 Å². The molecule has 1 aliphatic heterocycles. The van der Waals surface area contributed by atoms with E-state index in [4.69, 9.17) is 4.74 Å². The fraction of sp³-hybridized carbons (Fsp3) is 0.286. The Kier molecular flexibility index (Phi) is 3.51. The number of carbonyl (C=O) groups is 2. The van der Waals surface area contributed by atoms with E-state index in [2.05, 4.69) is 5.32 Å². The van der Waals surface area contributed by atoms with E-state index >= 15 is 0 Å². The molecule has 1 saturated heterocycles. The number of carbonyl (C=O) groups excluding carboxylic acids is 2. The van der Waals surface area contributed by atoms with Crippen LogP contribution in [0.3, 0.4) is 0 Å². The molecule has 1 aromatic rings. The first kappa shape index (κ1) is 13.0. The molecular formula is C14H12INO3. The molecule has 1 atom stereocenters. The van der Waals surface area contributed by atoms with Gasteiger partial charge in [-0.3, -0.25) is 9.59 Å². The van der Waals surface area contributed by atoms with Crippen LogP contribution in [-0.2, 0) is 4.74 Å². The molecule has 0 saturated carbocycles. The molecule has 1 fully saturated rings. The fourth-order valence-corrected chi connectivity index (χ4v) is 3.29. The van der Waals surface area contributed by atoms with E-state index in [9.17, 15) is 9.59 Å². The summed E-state index contributed by atoms with van der Waals surface area (Å²) in [7, 11) is 0. The SMILES string of the molecule is O=C1C(I)=C(C2CNCCO2)C(=O)c2ccccc21. The Balaban J connectivity index is 2.07. The average molecular weight is 369 g/mol. The smallest absolute Gasteiger partial charge is 0.200 e. The second kappa shape index (κ2) is 5.15. The van der Waals surface area contributed by atoms with Gasteiger partial charge in [-0.25, -0.2) is 0 Å². The van der Waals surface area contributed by atoms with Crippen LogP contribution in [0.5, 0.6) is 0 Å². The van der Waals surface area contributed by atoms with Crippen LogP contribution < -0.4 is 5.32 Å². The average Bonchev–Trinajstić information content (AvgIpc) is 2.46. The highest BCUT2D eigenvalue weighted by Crippen LogP contribution is 2.32. The van der Waals surface area contributed by atoms with Crippen LogP contribution in [0.15, 0.2) is 33.4 Å². The maximum absolute atomic E-state index is 12.5. The van der Waals surface area contributed by atoms with Crippen LogP contribution in [0.4, 0.5) is 0 Å². The monoisotopic (exact) mass is 369 g/mol. The number of morpholine rings is 1. The summed E-state index contributed by atoms with van der Waals surface area (Å²) >= 11 is 1.96. The van der Waals surface area contributed by atoms with Crippen LogP contribution >= 0.6 is 22.6 Å². The minimum absolute atomic E-state index is 0.0834. The number of halogens is 1. The molecule has 4 nitrogen and oxygen atoms in total. The molecule has 1 aliphatic carbocycles. The summed E-state index contributed by atoms with van der Waals surface area (Å²) in [5, 5.41) is 3.19. The molecule has 0 amide bonds. The van der Waals surface area contributed by atoms with E-state index in [0.717, 1.165) is 6.54 Å². The van der Waals surface area contributed by atoms with Crippen molar-refractivity contribution >= 4 is 34.2 Å². The molecule has 1 N–H and O–H groups in total. The maximum atomic E-state index is 12.5. The van der Waals surface area contributed by atoms with Crippen molar-refractivity contribution in [2.75, 3.05) is 19.7 Å². The number of hydrogen-bond donors (Lipinski definition) is 1. The van der Waals surface area contributed by atoms with Crippen molar-refractivity contribution in [3.8, 4) is 0 Å². The van der Waals surface area contributed by atoms with Gasteiger partial charge in [0.25, 0.3) is 0 Å². The summed E-state index contributed by atoms with van der Waals surface area (Å²) in [6.45, 7) is 1.91. The highest BCUT2D eigenvalue weighted by atomic mass is 127. The molecule has 1 unspecified atom stereocenters. The Labute approximate surface area is 124 Å². The molecule has 5 heteroatoms. The van der Waals surface area contributed by atoms with Gasteiger partial charge in [0.15, 0.2) is 11.6 Å². The predicted molar refractivity (Wildman–Crippen MR) is 78.8 cm³/mol. The van der Waals surface area contributed by atoms with E-state index < -0.39 is 0 Å². The molecular weight excluding hydrogens is 357 g/mol. The summed E-state index contributed by atoms with van der Waals surface area (Å²) in [6.07, 6.45) is -0.328. The lowest BCUT2D eigenvalue weighted by atomic mass is 9.87. The zero-order valence-corrected chi connectivity index (χ0v) is 12.3. The van der Waals surface area contributed by atoms with Crippen molar-refractivity contribution in [3.05, 3.63) is 44.5 Å². The van der Waals surface area contributed by atoms with E-state index in [1.165, 1.54) is 0 Å². The van der Waals surface area contributed by atoms with Crippen LogP contribution in [0.25, 0.3) is 0 Å². The summed E-state index contributed by atoms with van der Waals surface area (Å²) in [5.74, 6) is -0.173. The third kappa shape index (κ3) is 2.15. The summed E-state index contributed by atoms with van der Waals surface area (Å²) in [4.78, 5) is 24.9. The zero-order chi connectivity index (χ0) is 13.4.